The third-order valence-corrected chi connectivity index (χ3v) is 4.22. The van der Waals surface area contributed by atoms with Crippen molar-refractivity contribution in [3.8, 4) is 5.75 Å². The van der Waals surface area contributed by atoms with Gasteiger partial charge in [0.05, 0.1) is 0 Å². The SMILES string of the molecule is C=CC(=O)OCC(OC(=O)C=C)Oc1ccccc1CCCCCCCCC. The predicted molar refractivity (Wildman–Crippen MR) is 110 cm³/mol. The van der Waals surface area contributed by atoms with Crippen molar-refractivity contribution in [2.45, 2.75) is 64.6 Å². The molecule has 1 unspecified atom stereocenters. The van der Waals surface area contributed by atoms with E-state index < -0.39 is 18.2 Å². The van der Waals surface area contributed by atoms with E-state index in [0.717, 1.165) is 30.6 Å². The van der Waals surface area contributed by atoms with Crippen LogP contribution < -0.4 is 4.74 Å². The summed E-state index contributed by atoms with van der Waals surface area (Å²) in [7, 11) is 0. The molecule has 0 aromatic heterocycles. The minimum Gasteiger partial charge on any atom is -0.455 e. The quantitative estimate of drug-likeness (QED) is 0.180. The molecule has 1 rings (SSSR count). The maximum absolute atomic E-state index is 11.5. The van der Waals surface area contributed by atoms with E-state index in [1.807, 2.05) is 24.3 Å². The number of carbonyl (C=O) groups is 2. The lowest BCUT2D eigenvalue weighted by molar-refractivity contribution is -0.170. The average molecular weight is 389 g/mol. The molecule has 0 saturated heterocycles. The van der Waals surface area contributed by atoms with Gasteiger partial charge in [-0.1, -0.05) is 76.8 Å². The van der Waals surface area contributed by atoms with Crippen LogP contribution in [-0.4, -0.2) is 24.8 Å². The molecule has 0 heterocycles. The maximum atomic E-state index is 11.5. The van der Waals surface area contributed by atoms with E-state index in [2.05, 4.69) is 20.1 Å². The normalized spacial score (nSPS) is 11.3. The third kappa shape index (κ3) is 9.95. The van der Waals surface area contributed by atoms with Crippen molar-refractivity contribution in [3.05, 3.63) is 55.1 Å². The average Bonchev–Trinajstić information content (AvgIpc) is 2.71. The van der Waals surface area contributed by atoms with Gasteiger partial charge in [0.15, 0.2) is 6.61 Å². The van der Waals surface area contributed by atoms with E-state index in [9.17, 15) is 9.59 Å². The number of benzene rings is 1. The van der Waals surface area contributed by atoms with Gasteiger partial charge in [0.1, 0.15) is 5.75 Å². The van der Waals surface area contributed by atoms with Crippen molar-refractivity contribution in [2.75, 3.05) is 6.61 Å². The van der Waals surface area contributed by atoms with Crippen molar-refractivity contribution in [2.24, 2.45) is 0 Å². The maximum Gasteiger partial charge on any atom is 0.333 e. The van der Waals surface area contributed by atoms with Gasteiger partial charge >= 0.3 is 11.9 Å². The van der Waals surface area contributed by atoms with Crippen LogP contribution in [0.5, 0.6) is 5.75 Å². The molecule has 0 spiro atoms. The van der Waals surface area contributed by atoms with Gasteiger partial charge in [-0.15, -0.1) is 0 Å². The molecule has 0 fully saturated rings. The highest BCUT2D eigenvalue weighted by molar-refractivity contribution is 5.82. The summed E-state index contributed by atoms with van der Waals surface area (Å²) < 4.78 is 15.9. The van der Waals surface area contributed by atoms with Crippen LogP contribution in [0.4, 0.5) is 0 Å². The van der Waals surface area contributed by atoms with E-state index >= 15 is 0 Å². The van der Waals surface area contributed by atoms with Crippen molar-refractivity contribution >= 4 is 11.9 Å². The van der Waals surface area contributed by atoms with Crippen molar-refractivity contribution in [1.29, 1.82) is 0 Å². The highest BCUT2D eigenvalue weighted by Gasteiger charge is 2.18. The van der Waals surface area contributed by atoms with E-state index in [4.69, 9.17) is 14.2 Å². The summed E-state index contributed by atoms with van der Waals surface area (Å²) in [6.45, 7) is 8.70. The second-order valence-corrected chi connectivity index (χ2v) is 6.50. The van der Waals surface area contributed by atoms with Crippen LogP contribution >= 0.6 is 0 Å². The first-order valence-corrected chi connectivity index (χ1v) is 9.97. The fourth-order valence-corrected chi connectivity index (χ4v) is 2.72. The Kier molecular flexibility index (Phi) is 12.2. The number of esters is 2. The number of para-hydroxylation sites is 1. The highest BCUT2D eigenvalue weighted by atomic mass is 16.7. The Bertz CT molecular complexity index is 623. The van der Waals surface area contributed by atoms with Gasteiger partial charge in [-0.05, 0) is 24.5 Å². The van der Waals surface area contributed by atoms with Crippen LogP contribution in [0.2, 0.25) is 0 Å². The molecule has 1 aromatic rings. The van der Waals surface area contributed by atoms with Crippen molar-refractivity contribution < 1.29 is 23.8 Å². The first kappa shape index (κ1) is 23.5. The first-order chi connectivity index (χ1) is 13.6. The van der Waals surface area contributed by atoms with E-state index in [1.54, 1.807) is 0 Å². The van der Waals surface area contributed by atoms with E-state index in [-0.39, 0.29) is 6.61 Å². The number of carbonyl (C=O) groups excluding carboxylic acids is 2. The van der Waals surface area contributed by atoms with E-state index in [0.29, 0.717) is 5.75 Å². The molecule has 1 aromatic carbocycles. The minimum absolute atomic E-state index is 0.226. The lowest BCUT2D eigenvalue weighted by Gasteiger charge is -2.20. The van der Waals surface area contributed by atoms with Gasteiger partial charge < -0.3 is 14.2 Å². The molecule has 1 atom stereocenters. The molecule has 0 aliphatic carbocycles. The molecule has 0 bridgehead atoms. The number of rotatable bonds is 15. The minimum atomic E-state index is -1.05. The smallest absolute Gasteiger partial charge is 0.333 e. The highest BCUT2D eigenvalue weighted by Crippen LogP contribution is 2.22. The second kappa shape index (κ2) is 14.5. The Morgan fingerprint density at radius 1 is 0.964 bits per heavy atom. The van der Waals surface area contributed by atoms with Gasteiger partial charge in [0, 0.05) is 12.2 Å². The van der Waals surface area contributed by atoms with Crippen LogP contribution in [0.15, 0.2) is 49.6 Å². The third-order valence-electron chi connectivity index (χ3n) is 4.22. The second-order valence-electron chi connectivity index (χ2n) is 6.50. The molecule has 0 N–H and O–H groups in total. The fraction of sp³-hybridized carbons (Fsp3) is 0.478. The Balaban J connectivity index is 2.62. The van der Waals surface area contributed by atoms with Crippen LogP contribution in [0.1, 0.15) is 57.4 Å². The molecular weight excluding hydrogens is 356 g/mol. The summed E-state index contributed by atoms with van der Waals surface area (Å²) in [5, 5.41) is 0. The van der Waals surface area contributed by atoms with Gasteiger partial charge in [0.25, 0.3) is 6.29 Å². The van der Waals surface area contributed by atoms with Crippen LogP contribution in [0.25, 0.3) is 0 Å². The Labute approximate surface area is 168 Å². The van der Waals surface area contributed by atoms with Crippen molar-refractivity contribution in [3.63, 3.8) is 0 Å². The number of ether oxygens (including phenoxy) is 3. The molecule has 0 aliphatic heterocycles. The molecule has 154 valence electrons. The molecule has 28 heavy (non-hydrogen) atoms. The van der Waals surface area contributed by atoms with Crippen LogP contribution in [-0.2, 0) is 25.5 Å². The van der Waals surface area contributed by atoms with Gasteiger partial charge in [-0.2, -0.15) is 0 Å². The molecule has 0 saturated carbocycles. The zero-order chi connectivity index (χ0) is 20.6. The summed E-state index contributed by atoms with van der Waals surface area (Å²) in [6, 6.07) is 7.62. The first-order valence-electron chi connectivity index (χ1n) is 9.97. The number of hydrogen-bond acceptors (Lipinski definition) is 5. The molecule has 5 nitrogen and oxygen atoms in total. The number of aryl methyl sites for hydroxylation is 1. The monoisotopic (exact) mass is 388 g/mol. The Morgan fingerprint density at radius 2 is 1.61 bits per heavy atom. The van der Waals surface area contributed by atoms with Gasteiger partial charge in [0.2, 0.25) is 0 Å². The Hall–Kier alpha value is -2.56. The van der Waals surface area contributed by atoms with Crippen LogP contribution in [0, 0.1) is 0 Å². The van der Waals surface area contributed by atoms with Gasteiger partial charge in [-0.25, -0.2) is 9.59 Å². The number of unbranched alkanes of at least 4 members (excludes halogenated alkanes) is 6. The fourth-order valence-electron chi connectivity index (χ4n) is 2.72. The summed E-state index contributed by atoms with van der Waals surface area (Å²) >= 11 is 0. The Morgan fingerprint density at radius 3 is 2.29 bits per heavy atom. The summed E-state index contributed by atoms with van der Waals surface area (Å²) in [4.78, 5) is 22.9. The molecule has 0 aliphatic rings. The summed E-state index contributed by atoms with van der Waals surface area (Å²) in [5.74, 6) is -0.645. The largest absolute Gasteiger partial charge is 0.455 e. The van der Waals surface area contributed by atoms with Gasteiger partial charge in [-0.3, -0.25) is 0 Å². The standard InChI is InChI=1S/C23H32O5/c1-4-7-8-9-10-11-12-15-19-16-13-14-17-20(19)27-23(28-22(25)6-3)18-26-21(24)5-2/h5-6,13-14,16-17,23H,2-4,7-12,15,18H2,1H3. The molecule has 5 heteroatoms. The predicted octanol–water partition coefficient (Wildman–Crippen LogP) is 5.14. The summed E-state index contributed by atoms with van der Waals surface area (Å²) in [5.41, 5.74) is 1.03. The summed E-state index contributed by atoms with van der Waals surface area (Å²) in [6.07, 6.45) is 10.5. The van der Waals surface area contributed by atoms with E-state index in [1.165, 1.54) is 38.5 Å². The topological polar surface area (TPSA) is 61.8 Å². The van der Waals surface area contributed by atoms with Crippen LogP contribution in [0.3, 0.4) is 0 Å². The number of hydrogen-bond donors (Lipinski definition) is 0. The molecule has 0 amide bonds. The lowest BCUT2D eigenvalue weighted by Crippen LogP contribution is -2.30. The van der Waals surface area contributed by atoms with Crippen molar-refractivity contribution in [1.82, 2.24) is 0 Å². The lowest BCUT2D eigenvalue weighted by atomic mass is 10.0. The molecule has 0 radical (unpaired) electrons. The zero-order valence-corrected chi connectivity index (χ0v) is 16.9. The zero-order valence-electron chi connectivity index (χ0n) is 16.9. The molecular formula is C23H32O5.